The fourth-order valence-corrected chi connectivity index (χ4v) is 4.67. The number of rotatable bonds is 8. The van der Waals surface area contributed by atoms with Gasteiger partial charge in [0.25, 0.3) is 11.7 Å². The summed E-state index contributed by atoms with van der Waals surface area (Å²) in [5, 5.41) is 11.6. The number of fused-ring (bicyclic) bond motifs is 1. The molecule has 8 nitrogen and oxygen atoms in total. The summed E-state index contributed by atoms with van der Waals surface area (Å²) in [6.07, 6.45) is 4.18. The zero-order chi connectivity index (χ0) is 26.1. The highest BCUT2D eigenvalue weighted by molar-refractivity contribution is 6.46. The molecule has 1 unspecified atom stereocenters. The number of carbonyl (C=O) groups is 2. The second-order valence-corrected chi connectivity index (χ2v) is 9.58. The molecule has 1 aromatic carbocycles. The number of aliphatic hydroxyl groups excluding tert-OH is 1. The number of nitrogens with zero attached hydrogens (tertiary/aromatic N) is 3. The van der Waals surface area contributed by atoms with Crippen LogP contribution in [0, 0.1) is 12.8 Å². The molecule has 3 aromatic heterocycles. The Labute approximate surface area is 214 Å². The molecule has 1 aliphatic heterocycles. The van der Waals surface area contributed by atoms with E-state index in [9.17, 15) is 14.7 Å². The SMILES string of the molecule is Cc1nc2ccccn2c1/C(O)=C1\C(=O)C(=O)N(Cc2ccco2)C1c1cccc(OCCC(C)C)c1. The van der Waals surface area contributed by atoms with Crippen molar-refractivity contribution in [2.45, 2.75) is 39.8 Å². The number of hydrogen-bond acceptors (Lipinski definition) is 6. The first-order chi connectivity index (χ1) is 17.8. The van der Waals surface area contributed by atoms with Gasteiger partial charge in [-0.15, -0.1) is 0 Å². The minimum atomic E-state index is -0.840. The van der Waals surface area contributed by atoms with Gasteiger partial charge < -0.3 is 19.2 Å². The van der Waals surface area contributed by atoms with Gasteiger partial charge in [-0.1, -0.05) is 32.0 Å². The molecule has 1 aliphatic rings. The summed E-state index contributed by atoms with van der Waals surface area (Å²) in [4.78, 5) is 32.7. The Morgan fingerprint density at radius 3 is 2.73 bits per heavy atom. The summed E-state index contributed by atoms with van der Waals surface area (Å²) in [6, 6.07) is 15.4. The summed E-state index contributed by atoms with van der Waals surface area (Å²) >= 11 is 0. The first kappa shape index (κ1) is 24.4. The summed E-state index contributed by atoms with van der Waals surface area (Å²) in [6.45, 7) is 6.64. The number of aromatic nitrogens is 2. The van der Waals surface area contributed by atoms with E-state index in [1.54, 1.807) is 29.7 Å². The molecule has 8 heteroatoms. The van der Waals surface area contributed by atoms with Gasteiger partial charge in [0.15, 0.2) is 5.76 Å². The normalized spacial score (nSPS) is 17.3. The van der Waals surface area contributed by atoms with Gasteiger partial charge in [-0.25, -0.2) is 4.98 Å². The predicted molar refractivity (Wildman–Crippen MR) is 138 cm³/mol. The second-order valence-electron chi connectivity index (χ2n) is 9.58. The number of ketones is 1. The van der Waals surface area contributed by atoms with Crippen LogP contribution in [0.4, 0.5) is 0 Å². The van der Waals surface area contributed by atoms with Crippen molar-refractivity contribution < 1.29 is 23.8 Å². The van der Waals surface area contributed by atoms with E-state index in [0.29, 0.717) is 46.6 Å². The highest BCUT2D eigenvalue weighted by Crippen LogP contribution is 2.41. The maximum atomic E-state index is 13.4. The van der Waals surface area contributed by atoms with E-state index in [2.05, 4.69) is 18.8 Å². The van der Waals surface area contributed by atoms with Crippen molar-refractivity contribution in [2.24, 2.45) is 5.92 Å². The zero-order valence-electron chi connectivity index (χ0n) is 21.0. The Morgan fingerprint density at radius 1 is 1.14 bits per heavy atom. The lowest BCUT2D eigenvalue weighted by Gasteiger charge is -2.25. The van der Waals surface area contributed by atoms with E-state index < -0.39 is 17.7 Å². The first-order valence-electron chi connectivity index (χ1n) is 12.3. The maximum absolute atomic E-state index is 13.4. The number of Topliss-reactive ketones (excluding diaryl/α,β-unsaturated/α-hetero) is 1. The van der Waals surface area contributed by atoms with Gasteiger partial charge in [0.1, 0.15) is 22.9 Å². The topological polar surface area (TPSA) is 97.3 Å². The smallest absolute Gasteiger partial charge is 0.296 e. The number of furan rings is 1. The monoisotopic (exact) mass is 499 g/mol. The van der Waals surface area contributed by atoms with Crippen molar-refractivity contribution in [3.63, 3.8) is 0 Å². The molecule has 1 saturated heterocycles. The second kappa shape index (κ2) is 9.97. The predicted octanol–water partition coefficient (Wildman–Crippen LogP) is 5.28. The van der Waals surface area contributed by atoms with Crippen molar-refractivity contribution in [3.05, 3.63) is 95.3 Å². The summed E-state index contributed by atoms with van der Waals surface area (Å²) in [7, 11) is 0. The number of amides is 1. The number of hydrogen-bond donors (Lipinski definition) is 1. The molecule has 1 amide bonds. The van der Waals surface area contributed by atoms with Gasteiger partial charge in [-0.3, -0.25) is 14.0 Å². The molecule has 4 aromatic rings. The standard InChI is InChI=1S/C29H29N3O5/c1-18(2)12-15-37-21-9-6-8-20(16-21)26-24(28(34)29(35)32(26)17-22-10-7-14-36-22)27(33)25-19(3)30-23-11-4-5-13-31(23)25/h4-11,13-14,16,18,26,33H,12,15,17H2,1-3H3/b27-24+. The molecule has 0 radical (unpaired) electrons. The molecule has 0 saturated carbocycles. The van der Waals surface area contributed by atoms with Gasteiger partial charge >= 0.3 is 0 Å². The van der Waals surface area contributed by atoms with E-state index in [1.807, 2.05) is 42.5 Å². The van der Waals surface area contributed by atoms with Crippen LogP contribution in [0.15, 0.2) is 77.0 Å². The van der Waals surface area contributed by atoms with Gasteiger partial charge in [0.05, 0.1) is 36.7 Å². The molecule has 1 atom stereocenters. The van der Waals surface area contributed by atoms with Crippen LogP contribution in [0.3, 0.4) is 0 Å². The highest BCUT2D eigenvalue weighted by Gasteiger charge is 2.47. The number of carbonyl (C=O) groups excluding carboxylic acids is 2. The highest BCUT2D eigenvalue weighted by atomic mass is 16.5. The Bertz CT molecular complexity index is 1480. The van der Waals surface area contributed by atoms with E-state index >= 15 is 0 Å². The number of aliphatic hydroxyl groups is 1. The zero-order valence-corrected chi connectivity index (χ0v) is 21.0. The van der Waals surface area contributed by atoms with Crippen LogP contribution in [-0.4, -0.2) is 37.7 Å². The molecule has 1 fully saturated rings. The van der Waals surface area contributed by atoms with Gasteiger partial charge in [0.2, 0.25) is 0 Å². The van der Waals surface area contributed by atoms with Crippen molar-refractivity contribution in [3.8, 4) is 5.75 Å². The lowest BCUT2D eigenvalue weighted by atomic mass is 9.96. The van der Waals surface area contributed by atoms with E-state index in [0.717, 1.165) is 6.42 Å². The van der Waals surface area contributed by atoms with Crippen molar-refractivity contribution in [1.82, 2.24) is 14.3 Å². The van der Waals surface area contributed by atoms with Crippen LogP contribution < -0.4 is 4.74 Å². The van der Waals surface area contributed by atoms with Crippen LogP contribution in [-0.2, 0) is 16.1 Å². The largest absolute Gasteiger partial charge is 0.505 e. The van der Waals surface area contributed by atoms with Gasteiger partial charge in [0, 0.05) is 6.20 Å². The first-order valence-corrected chi connectivity index (χ1v) is 12.3. The third-order valence-electron chi connectivity index (χ3n) is 6.51. The van der Waals surface area contributed by atoms with E-state index in [1.165, 1.54) is 11.2 Å². The van der Waals surface area contributed by atoms with Crippen molar-refractivity contribution in [1.29, 1.82) is 0 Å². The summed E-state index contributed by atoms with van der Waals surface area (Å²) in [5.74, 6) is -0.0779. The van der Waals surface area contributed by atoms with Crippen LogP contribution in [0.1, 0.15) is 49.0 Å². The summed E-state index contributed by atoms with van der Waals surface area (Å²) < 4.78 is 13.2. The number of ether oxygens (including phenoxy) is 1. The number of benzene rings is 1. The van der Waals surface area contributed by atoms with Gasteiger partial charge in [-0.2, -0.15) is 0 Å². The molecular weight excluding hydrogens is 470 g/mol. The molecule has 4 heterocycles. The lowest BCUT2D eigenvalue weighted by molar-refractivity contribution is -0.140. The number of imidazole rings is 1. The lowest BCUT2D eigenvalue weighted by Crippen LogP contribution is -2.29. The fourth-order valence-electron chi connectivity index (χ4n) is 4.67. The molecule has 1 N–H and O–H groups in total. The fraction of sp³-hybridized carbons (Fsp3) is 0.276. The number of likely N-dealkylation sites (tertiary alicyclic amines) is 1. The number of pyridine rings is 1. The maximum Gasteiger partial charge on any atom is 0.296 e. The van der Waals surface area contributed by atoms with Gasteiger partial charge in [-0.05, 0) is 61.2 Å². The molecule has 0 aliphatic carbocycles. The van der Waals surface area contributed by atoms with Crippen molar-refractivity contribution >= 4 is 23.1 Å². The van der Waals surface area contributed by atoms with Crippen LogP contribution >= 0.6 is 0 Å². The average molecular weight is 500 g/mol. The van der Waals surface area contributed by atoms with E-state index in [4.69, 9.17) is 9.15 Å². The molecular formula is C29H29N3O5. The Kier molecular flexibility index (Phi) is 6.56. The molecule has 37 heavy (non-hydrogen) atoms. The van der Waals surface area contributed by atoms with Crippen LogP contribution in [0.5, 0.6) is 5.75 Å². The number of aryl methyl sites for hydroxylation is 1. The Morgan fingerprint density at radius 2 is 1.97 bits per heavy atom. The summed E-state index contributed by atoms with van der Waals surface area (Å²) in [5.41, 5.74) is 2.21. The van der Waals surface area contributed by atoms with Crippen LogP contribution in [0.2, 0.25) is 0 Å². The minimum Gasteiger partial charge on any atom is -0.505 e. The third-order valence-corrected chi connectivity index (χ3v) is 6.51. The van der Waals surface area contributed by atoms with Crippen LogP contribution in [0.25, 0.3) is 11.4 Å². The Hall–Kier alpha value is -4.33. The molecule has 190 valence electrons. The molecule has 0 spiro atoms. The third kappa shape index (κ3) is 4.62. The molecule has 5 rings (SSSR count). The van der Waals surface area contributed by atoms with Crippen molar-refractivity contribution in [2.75, 3.05) is 6.61 Å². The molecule has 0 bridgehead atoms. The minimum absolute atomic E-state index is 0.00430. The average Bonchev–Trinajstić information content (AvgIpc) is 3.57. The van der Waals surface area contributed by atoms with E-state index in [-0.39, 0.29) is 17.9 Å². The Balaban J connectivity index is 1.64. The quantitative estimate of drug-likeness (QED) is 0.201.